The number of esters is 1. The monoisotopic (exact) mass is 250 g/mol. The predicted octanol–water partition coefficient (Wildman–Crippen LogP) is 3.43. The summed E-state index contributed by atoms with van der Waals surface area (Å²) in [6.45, 7) is 7.92. The second kappa shape index (κ2) is 6.55. The molecule has 1 aromatic carbocycles. The summed E-state index contributed by atoms with van der Waals surface area (Å²) in [7, 11) is 1.38. The predicted molar refractivity (Wildman–Crippen MR) is 71.5 cm³/mol. The average Bonchev–Trinajstić information content (AvgIpc) is 2.33. The lowest BCUT2D eigenvalue weighted by molar-refractivity contribution is 0.0600. The molecule has 0 aliphatic heterocycles. The number of carbonyl (C=O) groups excluding carboxylic acids is 1. The minimum Gasteiger partial charge on any atom is -0.465 e. The SMILES string of the molecule is COC(=O)c1ccc(COCCC(C)(C)C)cc1. The lowest BCUT2D eigenvalue weighted by Crippen LogP contribution is -2.09. The molecule has 0 spiro atoms. The molecule has 0 saturated carbocycles. The van der Waals surface area contributed by atoms with E-state index in [9.17, 15) is 4.79 Å². The van der Waals surface area contributed by atoms with Crippen LogP contribution in [0.2, 0.25) is 0 Å². The summed E-state index contributed by atoms with van der Waals surface area (Å²) < 4.78 is 10.2. The molecule has 0 amide bonds. The van der Waals surface area contributed by atoms with Gasteiger partial charge in [0.15, 0.2) is 0 Å². The average molecular weight is 250 g/mol. The summed E-state index contributed by atoms with van der Waals surface area (Å²) in [5, 5.41) is 0. The van der Waals surface area contributed by atoms with E-state index in [2.05, 4.69) is 25.5 Å². The van der Waals surface area contributed by atoms with Gasteiger partial charge in [0.05, 0.1) is 19.3 Å². The van der Waals surface area contributed by atoms with Gasteiger partial charge in [-0.15, -0.1) is 0 Å². The van der Waals surface area contributed by atoms with Crippen molar-refractivity contribution < 1.29 is 14.3 Å². The highest BCUT2D eigenvalue weighted by Crippen LogP contribution is 2.18. The Morgan fingerprint density at radius 2 is 1.78 bits per heavy atom. The molecule has 3 heteroatoms. The van der Waals surface area contributed by atoms with Gasteiger partial charge in [-0.05, 0) is 29.5 Å². The van der Waals surface area contributed by atoms with Gasteiger partial charge in [0.25, 0.3) is 0 Å². The number of rotatable bonds is 5. The molecule has 0 fully saturated rings. The van der Waals surface area contributed by atoms with Crippen LogP contribution in [0.3, 0.4) is 0 Å². The van der Waals surface area contributed by atoms with Crippen molar-refractivity contribution in [1.82, 2.24) is 0 Å². The van der Waals surface area contributed by atoms with Crippen LogP contribution < -0.4 is 0 Å². The molecule has 0 aliphatic rings. The maximum absolute atomic E-state index is 11.2. The minimum atomic E-state index is -0.310. The molecule has 1 aromatic rings. The number of carbonyl (C=O) groups is 1. The molecular weight excluding hydrogens is 228 g/mol. The highest BCUT2D eigenvalue weighted by molar-refractivity contribution is 5.89. The van der Waals surface area contributed by atoms with Crippen LogP contribution in [0, 0.1) is 5.41 Å². The molecule has 0 aromatic heterocycles. The van der Waals surface area contributed by atoms with E-state index < -0.39 is 0 Å². The number of methoxy groups -OCH3 is 1. The first-order valence-corrected chi connectivity index (χ1v) is 6.17. The molecule has 0 atom stereocenters. The van der Waals surface area contributed by atoms with Crippen molar-refractivity contribution >= 4 is 5.97 Å². The van der Waals surface area contributed by atoms with Gasteiger partial charge in [0.2, 0.25) is 0 Å². The minimum absolute atomic E-state index is 0.300. The molecule has 18 heavy (non-hydrogen) atoms. The largest absolute Gasteiger partial charge is 0.465 e. The quantitative estimate of drug-likeness (QED) is 0.593. The van der Waals surface area contributed by atoms with Crippen LogP contribution in [0.25, 0.3) is 0 Å². The maximum Gasteiger partial charge on any atom is 0.337 e. The summed E-state index contributed by atoms with van der Waals surface area (Å²) in [5.41, 5.74) is 1.93. The molecule has 3 nitrogen and oxygen atoms in total. The van der Waals surface area contributed by atoms with Crippen molar-refractivity contribution in [3.8, 4) is 0 Å². The Balaban J connectivity index is 2.38. The summed E-state index contributed by atoms with van der Waals surface area (Å²) in [6.07, 6.45) is 1.03. The van der Waals surface area contributed by atoms with Crippen molar-refractivity contribution in [2.45, 2.75) is 33.8 Å². The van der Waals surface area contributed by atoms with E-state index >= 15 is 0 Å². The van der Waals surface area contributed by atoms with Gasteiger partial charge in [0.1, 0.15) is 0 Å². The standard InChI is InChI=1S/C15H22O3/c1-15(2,3)9-10-18-11-12-5-7-13(8-6-12)14(16)17-4/h5-8H,9-11H2,1-4H3. The van der Waals surface area contributed by atoms with Gasteiger partial charge in [-0.3, -0.25) is 0 Å². The van der Waals surface area contributed by atoms with E-state index in [4.69, 9.17) is 4.74 Å². The zero-order valence-corrected chi connectivity index (χ0v) is 11.7. The first-order chi connectivity index (χ1) is 8.42. The molecule has 1 rings (SSSR count). The third-order valence-corrected chi connectivity index (χ3v) is 2.64. The molecule has 0 aliphatic carbocycles. The fraction of sp³-hybridized carbons (Fsp3) is 0.533. The van der Waals surface area contributed by atoms with Gasteiger partial charge in [-0.1, -0.05) is 32.9 Å². The molecular formula is C15H22O3. The molecule has 0 saturated heterocycles. The van der Waals surface area contributed by atoms with Crippen LogP contribution in [0.4, 0.5) is 0 Å². The number of hydrogen-bond acceptors (Lipinski definition) is 3. The highest BCUT2D eigenvalue weighted by Gasteiger charge is 2.09. The van der Waals surface area contributed by atoms with Crippen LogP contribution in [-0.4, -0.2) is 19.7 Å². The zero-order chi connectivity index (χ0) is 13.6. The number of ether oxygens (including phenoxy) is 2. The Kier molecular flexibility index (Phi) is 5.35. The maximum atomic E-state index is 11.2. The Labute approximate surface area is 109 Å². The van der Waals surface area contributed by atoms with Crippen molar-refractivity contribution in [1.29, 1.82) is 0 Å². The number of benzene rings is 1. The van der Waals surface area contributed by atoms with Crippen LogP contribution in [-0.2, 0) is 16.1 Å². The van der Waals surface area contributed by atoms with E-state index in [1.54, 1.807) is 12.1 Å². The second-order valence-electron chi connectivity index (χ2n) is 5.55. The van der Waals surface area contributed by atoms with Gasteiger partial charge < -0.3 is 9.47 Å². The topological polar surface area (TPSA) is 35.5 Å². The van der Waals surface area contributed by atoms with Crippen LogP contribution in [0.15, 0.2) is 24.3 Å². The van der Waals surface area contributed by atoms with E-state index in [-0.39, 0.29) is 5.97 Å². The van der Waals surface area contributed by atoms with Gasteiger partial charge in [0, 0.05) is 6.61 Å². The van der Waals surface area contributed by atoms with Crippen LogP contribution >= 0.6 is 0 Å². The summed E-state index contributed by atoms with van der Waals surface area (Å²) >= 11 is 0. The van der Waals surface area contributed by atoms with Crippen molar-refractivity contribution in [2.75, 3.05) is 13.7 Å². The summed E-state index contributed by atoms with van der Waals surface area (Å²) in [4.78, 5) is 11.2. The molecule has 100 valence electrons. The fourth-order valence-electron chi connectivity index (χ4n) is 1.42. The van der Waals surface area contributed by atoms with Crippen LogP contribution in [0.5, 0.6) is 0 Å². The van der Waals surface area contributed by atoms with Crippen LogP contribution in [0.1, 0.15) is 43.1 Å². The van der Waals surface area contributed by atoms with Gasteiger partial charge >= 0.3 is 5.97 Å². The smallest absolute Gasteiger partial charge is 0.337 e. The zero-order valence-electron chi connectivity index (χ0n) is 11.7. The van der Waals surface area contributed by atoms with E-state index in [0.717, 1.165) is 18.6 Å². The normalized spacial score (nSPS) is 11.3. The Bertz CT molecular complexity index is 374. The third-order valence-electron chi connectivity index (χ3n) is 2.64. The summed E-state index contributed by atoms with van der Waals surface area (Å²) in [5.74, 6) is -0.310. The molecule has 0 radical (unpaired) electrons. The summed E-state index contributed by atoms with van der Waals surface area (Å²) in [6, 6.07) is 7.30. The van der Waals surface area contributed by atoms with Gasteiger partial charge in [-0.2, -0.15) is 0 Å². The third kappa shape index (κ3) is 5.32. The molecule has 0 bridgehead atoms. The Morgan fingerprint density at radius 1 is 1.17 bits per heavy atom. The molecule has 0 heterocycles. The van der Waals surface area contributed by atoms with Gasteiger partial charge in [-0.25, -0.2) is 4.79 Å². The highest BCUT2D eigenvalue weighted by atomic mass is 16.5. The fourth-order valence-corrected chi connectivity index (χ4v) is 1.42. The molecule has 0 unspecified atom stereocenters. The second-order valence-corrected chi connectivity index (χ2v) is 5.55. The van der Waals surface area contributed by atoms with E-state index in [0.29, 0.717) is 17.6 Å². The van der Waals surface area contributed by atoms with Crippen molar-refractivity contribution in [2.24, 2.45) is 5.41 Å². The molecule has 0 N–H and O–H groups in total. The van der Waals surface area contributed by atoms with Crippen molar-refractivity contribution in [3.05, 3.63) is 35.4 Å². The lowest BCUT2D eigenvalue weighted by atomic mass is 9.93. The van der Waals surface area contributed by atoms with Crippen molar-refractivity contribution in [3.63, 3.8) is 0 Å². The number of hydrogen-bond donors (Lipinski definition) is 0. The Morgan fingerprint density at radius 3 is 2.28 bits per heavy atom. The lowest BCUT2D eigenvalue weighted by Gasteiger charge is -2.17. The first-order valence-electron chi connectivity index (χ1n) is 6.17. The van der Waals surface area contributed by atoms with E-state index in [1.165, 1.54) is 7.11 Å². The Hall–Kier alpha value is -1.35. The van der Waals surface area contributed by atoms with E-state index in [1.807, 2.05) is 12.1 Å². The first kappa shape index (κ1) is 14.7.